The summed E-state index contributed by atoms with van der Waals surface area (Å²) in [5, 5.41) is 11.8. The van der Waals surface area contributed by atoms with Crippen molar-refractivity contribution in [2.24, 2.45) is 0 Å². The number of nitrogens with zero attached hydrogens (tertiary/aromatic N) is 3. The highest BCUT2D eigenvalue weighted by atomic mass is 79.9. The Morgan fingerprint density at radius 2 is 2.23 bits per heavy atom. The van der Waals surface area contributed by atoms with Crippen molar-refractivity contribution in [2.45, 2.75) is 18.9 Å². The maximum Gasteiger partial charge on any atom is 0.231 e. The minimum Gasteiger partial charge on any atom is -0.345 e. The van der Waals surface area contributed by atoms with Gasteiger partial charge in [-0.15, -0.1) is 11.3 Å². The van der Waals surface area contributed by atoms with E-state index in [1.165, 1.54) is 16.2 Å². The maximum absolute atomic E-state index is 12.0. The van der Waals surface area contributed by atoms with Crippen LogP contribution in [-0.4, -0.2) is 33.8 Å². The molecule has 0 saturated carbocycles. The van der Waals surface area contributed by atoms with Crippen LogP contribution in [0.1, 0.15) is 18.2 Å². The highest BCUT2D eigenvalue weighted by molar-refractivity contribution is 9.10. The lowest BCUT2D eigenvalue weighted by Crippen LogP contribution is -2.57. The van der Waals surface area contributed by atoms with Gasteiger partial charge in [0.15, 0.2) is 5.96 Å². The summed E-state index contributed by atoms with van der Waals surface area (Å²) in [6.45, 7) is 1.92. The molecule has 1 aliphatic heterocycles. The van der Waals surface area contributed by atoms with E-state index in [0.29, 0.717) is 6.42 Å². The van der Waals surface area contributed by atoms with Crippen LogP contribution in [0.5, 0.6) is 0 Å². The topological polar surface area (TPSA) is 82.0 Å². The first-order chi connectivity index (χ1) is 10.4. The molecule has 1 saturated heterocycles. The summed E-state index contributed by atoms with van der Waals surface area (Å²) < 4.78 is 0.891. The number of thiazole rings is 1. The van der Waals surface area contributed by atoms with E-state index in [4.69, 9.17) is 5.41 Å². The Kier molecular flexibility index (Phi) is 3.73. The van der Waals surface area contributed by atoms with Crippen molar-refractivity contribution >= 4 is 39.1 Å². The minimum absolute atomic E-state index is 0.0784. The number of pyridine rings is 1. The highest BCUT2D eigenvalue weighted by Crippen LogP contribution is 2.36. The number of carbonyl (C=O) groups is 1. The molecule has 3 rings (SSSR count). The van der Waals surface area contributed by atoms with Crippen molar-refractivity contribution in [1.82, 2.24) is 20.2 Å². The van der Waals surface area contributed by atoms with Crippen molar-refractivity contribution in [3.8, 4) is 10.6 Å². The van der Waals surface area contributed by atoms with Gasteiger partial charge in [0.05, 0.1) is 16.8 Å². The van der Waals surface area contributed by atoms with E-state index < -0.39 is 5.54 Å². The molecule has 0 aromatic carbocycles. The average molecular weight is 380 g/mol. The monoisotopic (exact) mass is 379 g/mol. The molecule has 1 fully saturated rings. The molecule has 1 atom stereocenters. The number of guanidine groups is 1. The Morgan fingerprint density at radius 1 is 1.45 bits per heavy atom. The fourth-order valence-corrected chi connectivity index (χ4v) is 3.64. The fraction of sp³-hybridized carbons (Fsp3) is 0.286. The summed E-state index contributed by atoms with van der Waals surface area (Å²) in [5.41, 5.74) is 0.319. The normalized spacial score (nSPS) is 21.9. The molecule has 0 bridgehead atoms. The third-order valence-electron chi connectivity index (χ3n) is 3.61. The SMILES string of the molecule is CN1C(=N)N[C@](C)(c2cnc(-c3cncc(Br)c3)s2)CC1=O. The standard InChI is InChI=1S/C14H14BrN5OS/c1-14(4-11(21)20(2)13(16)19-14)10-7-18-12(22-10)8-3-9(15)6-17-5-8/h3,5-7H,4H2,1-2H3,(H2,16,19)/t14-/m0/s1. The predicted molar refractivity (Wildman–Crippen MR) is 88.6 cm³/mol. The number of nitrogens with one attached hydrogen (secondary N) is 2. The van der Waals surface area contributed by atoms with E-state index in [0.717, 1.165) is 19.9 Å². The minimum atomic E-state index is -0.601. The maximum atomic E-state index is 12.0. The molecule has 2 aromatic rings. The van der Waals surface area contributed by atoms with E-state index >= 15 is 0 Å². The second-order valence-corrected chi connectivity index (χ2v) is 7.30. The second kappa shape index (κ2) is 5.44. The molecular formula is C14H14BrN5OS. The molecular weight excluding hydrogens is 366 g/mol. The molecule has 0 aliphatic carbocycles. The second-order valence-electron chi connectivity index (χ2n) is 5.36. The highest BCUT2D eigenvalue weighted by Gasteiger charge is 2.39. The first-order valence-corrected chi connectivity index (χ1v) is 8.20. The lowest BCUT2D eigenvalue weighted by molar-refractivity contribution is -0.129. The van der Waals surface area contributed by atoms with E-state index in [9.17, 15) is 4.79 Å². The number of hydrogen-bond donors (Lipinski definition) is 2. The van der Waals surface area contributed by atoms with Crippen LogP contribution < -0.4 is 5.32 Å². The summed E-state index contributed by atoms with van der Waals surface area (Å²) in [6.07, 6.45) is 5.53. The van der Waals surface area contributed by atoms with E-state index in [1.54, 1.807) is 25.6 Å². The Labute approximate surface area is 140 Å². The Balaban J connectivity index is 1.93. The van der Waals surface area contributed by atoms with Crippen LogP contribution in [-0.2, 0) is 10.3 Å². The van der Waals surface area contributed by atoms with Crippen molar-refractivity contribution in [3.63, 3.8) is 0 Å². The van der Waals surface area contributed by atoms with Gasteiger partial charge in [0.25, 0.3) is 0 Å². The summed E-state index contributed by atoms with van der Waals surface area (Å²) in [7, 11) is 1.60. The first kappa shape index (κ1) is 15.1. The third kappa shape index (κ3) is 2.64. The van der Waals surface area contributed by atoms with Crippen LogP contribution in [0.2, 0.25) is 0 Å². The zero-order chi connectivity index (χ0) is 15.9. The smallest absolute Gasteiger partial charge is 0.231 e. The van der Waals surface area contributed by atoms with Gasteiger partial charge in [-0.25, -0.2) is 4.98 Å². The molecule has 0 spiro atoms. The van der Waals surface area contributed by atoms with Crippen molar-refractivity contribution < 1.29 is 4.79 Å². The summed E-state index contributed by atoms with van der Waals surface area (Å²) in [6, 6.07) is 1.95. The number of rotatable bonds is 2. The van der Waals surface area contributed by atoms with E-state index in [1.807, 2.05) is 13.0 Å². The summed E-state index contributed by atoms with van der Waals surface area (Å²) >= 11 is 4.90. The zero-order valence-corrected chi connectivity index (χ0v) is 14.5. The Morgan fingerprint density at radius 3 is 2.91 bits per heavy atom. The van der Waals surface area contributed by atoms with Crippen LogP contribution in [0, 0.1) is 5.41 Å². The van der Waals surface area contributed by atoms with Gasteiger partial charge < -0.3 is 5.32 Å². The molecule has 3 heterocycles. The number of carbonyl (C=O) groups excluding carboxylic acids is 1. The van der Waals surface area contributed by atoms with Gasteiger partial charge in [-0.05, 0) is 28.9 Å². The van der Waals surface area contributed by atoms with E-state index in [-0.39, 0.29) is 11.9 Å². The lowest BCUT2D eigenvalue weighted by atomic mass is 9.94. The fourth-order valence-electron chi connectivity index (χ4n) is 2.28. The number of amides is 1. The quantitative estimate of drug-likeness (QED) is 0.839. The van der Waals surface area contributed by atoms with Gasteiger partial charge in [0.2, 0.25) is 5.91 Å². The molecule has 2 aromatic heterocycles. The third-order valence-corrected chi connectivity index (χ3v) is 5.35. The van der Waals surface area contributed by atoms with Crippen molar-refractivity contribution in [3.05, 3.63) is 34.0 Å². The van der Waals surface area contributed by atoms with Crippen LogP contribution >= 0.6 is 27.3 Å². The molecule has 0 unspecified atom stereocenters. The Bertz CT molecular complexity index is 741. The average Bonchev–Trinajstić information content (AvgIpc) is 2.95. The summed E-state index contributed by atoms with van der Waals surface area (Å²) in [4.78, 5) is 22.9. The van der Waals surface area contributed by atoms with Gasteiger partial charge in [0.1, 0.15) is 5.01 Å². The van der Waals surface area contributed by atoms with Crippen LogP contribution in [0.25, 0.3) is 10.6 Å². The van der Waals surface area contributed by atoms with Gasteiger partial charge in [-0.1, -0.05) is 0 Å². The molecule has 0 radical (unpaired) electrons. The van der Waals surface area contributed by atoms with Gasteiger partial charge in [0, 0.05) is 35.7 Å². The molecule has 6 nitrogen and oxygen atoms in total. The number of aromatic nitrogens is 2. The molecule has 2 N–H and O–H groups in total. The molecule has 8 heteroatoms. The van der Waals surface area contributed by atoms with Crippen LogP contribution in [0.3, 0.4) is 0 Å². The number of hydrogen-bond acceptors (Lipinski definition) is 5. The molecule has 22 heavy (non-hydrogen) atoms. The molecule has 1 aliphatic rings. The lowest BCUT2D eigenvalue weighted by Gasteiger charge is -2.38. The number of halogens is 1. The van der Waals surface area contributed by atoms with Crippen LogP contribution in [0.4, 0.5) is 0 Å². The van der Waals surface area contributed by atoms with Crippen LogP contribution in [0.15, 0.2) is 29.1 Å². The predicted octanol–water partition coefficient (Wildman–Crippen LogP) is 2.57. The Hall–Kier alpha value is -1.80. The van der Waals surface area contributed by atoms with Crippen molar-refractivity contribution in [1.29, 1.82) is 5.41 Å². The van der Waals surface area contributed by atoms with E-state index in [2.05, 4.69) is 31.2 Å². The van der Waals surface area contributed by atoms with Gasteiger partial charge in [-0.2, -0.15) is 0 Å². The molecule has 114 valence electrons. The molecule has 1 amide bonds. The summed E-state index contributed by atoms with van der Waals surface area (Å²) in [5.74, 6) is 0.0307. The zero-order valence-electron chi connectivity index (χ0n) is 12.1. The van der Waals surface area contributed by atoms with Gasteiger partial charge in [-0.3, -0.25) is 20.1 Å². The van der Waals surface area contributed by atoms with Gasteiger partial charge >= 0.3 is 0 Å². The first-order valence-electron chi connectivity index (χ1n) is 6.59. The van der Waals surface area contributed by atoms with Crippen molar-refractivity contribution in [2.75, 3.05) is 7.05 Å². The largest absolute Gasteiger partial charge is 0.345 e.